The zero-order chi connectivity index (χ0) is 15.2. The van der Waals surface area contributed by atoms with Gasteiger partial charge in [0.05, 0.1) is 11.4 Å². The number of nitrogens with zero attached hydrogens (tertiary/aromatic N) is 2. The van der Waals surface area contributed by atoms with Gasteiger partial charge in [-0.25, -0.2) is 0 Å². The Hall–Kier alpha value is -2.08. The number of aromatic nitrogens is 2. The quantitative estimate of drug-likeness (QED) is 0.888. The maximum Gasteiger partial charge on any atom is 0.387 e. The Balaban J connectivity index is 1.90. The Kier molecular flexibility index (Phi) is 5.16. The van der Waals surface area contributed by atoms with Crippen LogP contribution in [0.2, 0.25) is 0 Å². The van der Waals surface area contributed by atoms with Crippen molar-refractivity contribution in [2.45, 2.75) is 33.0 Å². The Bertz CT molecular complexity index is 558. The third-order valence-electron chi connectivity index (χ3n) is 3.03. The van der Waals surface area contributed by atoms with Gasteiger partial charge in [-0.1, -0.05) is 12.1 Å². The molecule has 0 saturated carbocycles. The molecule has 1 atom stereocenters. The Morgan fingerprint density at radius 3 is 2.43 bits per heavy atom. The molecule has 0 bridgehead atoms. The molecule has 6 heteroatoms. The van der Waals surface area contributed by atoms with Crippen molar-refractivity contribution in [3.05, 3.63) is 53.6 Å². The summed E-state index contributed by atoms with van der Waals surface area (Å²) in [5.74, 6) is 0.158. The van der Waals surface area contributed by atoms with Crippen molar-refractivity contribution in [2.24, 2.45) is 0 Å². The molecule has 4 nitrogen and oxygen atoms in total. The number of benzene rings is 1. The van der Waals surface area contributed by atoms with Crippen molar-refractivity contribution in [1.82, 2.24) is 15.3 Å². The fraction of sp³-hybridized carbons (Fsp3) is 0.333. The van der Waals surface area contributed by atoms with E-state index >= 15 is 0 Å². The van der Waals surface area contributed by atoms with Gasteiger partial charge in [0.25, 0.3) is 0 Å². The van der Waals surface area contributed by atoms with Crippen LogP contribution in [0.5, 0.6) is 5.75 Å². The van der Waals surface area contributed by atoms with Crippen molar-refractivity contribution in [1.29, 1.82) is 0 Å². The minimum absolute atomic E-state index is 0.0636. The van der Waals surface area contributed by atoms with Crippen molar-refractivity contribution in [3.8, 4) is 5.75 Å². The van der Waals surface area contributed by atoms with Crippen LogP contribution in [-0.2, 0) is 6.54 Å². The van der Waals surface area contributed by atoms with Crippen LogP contribution >= 0.6 is 0 Å². The number of nitrogens with one attached hydrogen (secondary N) is 1. The largest absolute Gasteiger partial charge is 0.435 e. The summed E-state index contributed by atoms with van der Waals surface area (Å²) in [7, 11) is 0. The Morgan fingerprint density at radius 1 is 1.14 bits per heavy atom. The normalized spacial score (nSPS) is 12.4. The molecule has 2 rings (SSSR count). The molecule has 21 heavy (non-hydrogen) atoms. The predicted molar refractivity (Wildman–Crippen MR) is 75.1 cm³/mol. The number of hydrogen-bond acceptors (Lipinski definition) is 4. The second-order valence-electron chi connectivity index (χ2n) is 4.70. The van der Waals surface area contributed by atoms with E-state index in [4.69, 9.17) is 0 Å². The first-order chi connectivity index (χ1) is 10.0. The van der Waals surface area contributed by atoms with Gasteiger partial charge >= 0.3 is 6.61 Å². The van der Waals surface area contributed by atoms with E-state index in [2.05, 4.69) is 20.0 Å². The number of ether oxygens (including phenoxy) is 1. The summed E-state index contributed by atoms with van der Waals surface area (Å²) in [5, 5.41) is 3.30. The summed E-state index contributed by atoms with van der Waals surface area (Å²) in [5.41, 5.74) is 2.71. The van der Waals surface area contributed by atoms with Crippen molar-refractivity contribution in [3.63, 3.8) is 0 Å². The van der Waals surface area contributed by atoms with E-state index in [0.717, 1.165) is 17.0 Å². The van der Waals surface area contributed by atoms with E-state index in [1.165, 1.54) is 12.1 Å². The van der Waals surface area contributed by atoms with Gasteiger partial charge < -0.3 is 10.1 Å². The molecular weight excluding hydrogens is 276 g/mol. The lowest BCUT2D eigenvalue weighted by Gasteiger charge is -2.14. The summed E-state index contributed by atoms with van der Waals surface area (Å²) in [4.78, 5) is 8.44. The summed E-state index contributed by atoms with van der Waals surface area (Å²) >= 11 is 0. The average molecular weight is 293 g/mol. The molecule has 2 aromatic rings. The molecule has 0 aliphatic carbocycles. The van der Waals surface area contributed by atoms with Gasteiger partial charge in [0, 0.05) is 25.0 Å². The van der Waals surface area contributed by atoms with Crippen LogP contribution in [-0.4, -0.2) is 16.6 Å². The highest BCUT2D eigenvalue weighted by atomic mass is 19.3. The first-order valence-corrected chi connectivity index (χ1v) is 6.60. The number of halogens is 2. The molecule has 1 aromatic carbocycles. The van der Waals surface area contributed by atoms with Crippen LogP contribution in [0.3, 0.4) is 0 Å². The van der Waals surface area contributed by atoms with Crippen molar-refractivity contribution < 1.29 is 13.5 Å². The maximum atomic E-state index is 12.1. The van der Waals surface area contributed by atoms with Gasteiger partial charge in [-0.3, -0.25) is 9.97 Å². The van der Waals surface area contributed by atoms with Crippen molar-refractivity contribution >= 4 is 0 Å². The molecule has 0 aliphatic rings. The highest BCUT2D eigenvalue weighted by molar-refractivity contribution is 5.29. The monoisotopic (exact) mass is 293 g/mol. The average Bonchev–Trinajstić information content (AvgIpc) is 2.46. The van der Waals surface area contributed by atoms with E-state index in [9.17, 15) is 8.78 Å². The number of alkyl halides is 2. The second-order valence-corrected chi connectivity index (χ2v) is 4.70. The molecule has 1 aromatic heterocycles. The van der Waals surface area contributed by atoms with Crippen LogP contribution in [0.15, 0.2) is 36.7 Å². The molecule has 0 aliphatic heterocycles. The molecule has 1 unspecified atom stereocenters. The lowest BCUT2D eigenvalue weighted by Crippen LogP contribution is -2.19. The van der Waals surface area contributed by atoms with Gasteiger partial charge in [-0.05, 0) is 31.5 Å². The first-order valence-electron chi connectivity index (χ1n) is 6.60. The topological polar surface area (TPSA) is 47.0 Å². The van der Waals surface area contributed by atoms with Crippen LogP contribution in [0.25, 0.3) is 0 Å². The highest BCUT2D eigenvalue weighted by Crippen LogP contribution is 2.19. The van der Waals surface area contributed by atoms with E-state index in [0.29, 0.717) is 6.54 Å². The first kappa shape index (κ1) is 15.3. The van der Waals surface area contributed by atoms with Crippen molar-refractivity contribution in [2.75, 3.05) is 0 Å². The summed E-state index contributed by atoms with van der Waals surface area (Å²) in [6, 6.07) is 6.65. The molecule has 1 N–H and O–H groups in total. The number of aryl methyl sites for hydroxylation is 1. The molecule has 1 heterocycles. The van der Waals surface area contributed by atoms with Crippen LogP contribution in [0.1, 0.15) is 29.9 Å². The third kappa shape index (κ3) is 4.75. The number of hydrogen-bond donors (Lipinski definition) is 1. The minimum Gasteiger partial charge on any atom is -0.435 e. The van der Waals surface area contributed by atoms with Gasteiger partial charge in [-0.15, -0.1) is 0 Å². The van der Waals surface area contributed by atoms with Crippen LogP contribution in [0, 0.1) is 6.92 Å². The fourth-order valence-electron chi connectivity index (χ4n) is 1.82. The lowest BCUT2D eigenvalue weighted by molar-refractivity contribution is -0.0498. The zero-order valence-corrected chi connectivity index (χ0v) is 11.9. The molecule has 112 valence electrons. The second kappa shape index (κ2) is 7.08. The molecule has 0 amide bonds. The Morgan fingerprint density at radius 2 is 1.86 bits per heavy atom. The summed E-state index contributed by atoms with van der Waals surface area (Å²) in [6.07, 6.45) is 3.45. The molecule has 0 saturated heterocycles. The third-order valence-corrected chi connectivity index (χ3v) is 3.03. The molecular formula is C15H17F2N3O. The minimum atomic E-state index is -2.80. The summed E-state index contributed by atoms with van der Waals surface area (Å²) < 4.78 is 28.5. The van der Waals surface area contributed by atoms with E-state index in [1.807, 2.05) is 13.8 Å². The number of rotatable bonds is 6. The lowest BCUT2D eigenvalue weighted by atomic mass is 10.1. The highest BCUT2D eigenvalue weighted by Gasteiger charge is 2.08. The maximum absolute atomic E-state index is 12.1. The molecule has 0 spiro atoms. The Labute approximate surface area is 122 Å². The van der Waals surface area contributed by atoms with E-state index in [-0.39, 0.29) is 11.8 Å². The van der Waals surface area contributed by atoms with Gasteiger partial charge in [0.15, 0.2) is 0 Å². The van der Waals surface area contributed by atoms with Crippen LogP contribution < -0.4 is 10.1 Å². The van der Waals surface area contributed by atoms with Crippen LogP contribution in [0.4, 0.5) is 8.78 Å². The SMILES string of the molecule is Cc1cnc(CNC(C)c2ccc(OC(F)F)cc2)cn1. The zero-order valence-electron chi connectivity index (χ0n) is 11.9. The van der Waals surface area contributed by atoms with Gasteiger partial charge in [-0.2, -0.15) is 8.78 Å². The van der Waals surface area contributed by atoms with Gasteiger partial charge in [0.2, 0.25) is 0 Å². The predicted octanol–water partition coefficient (Wildman–Crippen LogP) is 3.24. The van der Waals surface area contributed by atoms with Gasteiger partial charge in [0.1, 0.15) is 5.75 Å². The van der Waals surface area contributed by atoms with E-state index in [1.54, 1.807) is 24.5 Å². The molecule has 0 radical (unpaired) electrons. The summed E-state index contributed by atoms with van der Waals surface area (Å²) in [6.45, 7) is 1.66. The standard InChI is InChI=1S/C15H17F2N3O/c1-10-7-20-13(8-18-10)9-19-11(2)12-3-5-14(6-4-12)21-15(16)17/h3-8,11,15,19H,9H2,1-2H3. The smallest absolute Gasteiger partial charge is 0.387 e. The van der Waals surface area contributed by atoms with E-state index < -0.39 is 6.61 Å². The fourth-order valence-corrected chi connectivity index (χ4v) is 1.82. The molecule has 0 fully saturated rings.